The van der Waals surface area contributed by atoms with Gasteiger partial charge in [0.25, 0.3) is 0 Å². The van der Waals surface area contributed by atoms with E-state index in [1.165, 1.54) is 11.2 Å². The first-order valence-corrected chi connectivity index (χ1v) is 8.23. The average Bonchev–Trinajstić information content (AvgIpc) is 2.84. The SMILES string of the molecule is Cc1cc2c(NCC(=O)N3CC(C)OC(C)C3)ncnc2s1. The van der Waals surface area contributed by atoms with Gasteiger partial charge in [-0.25, -0.2) is 9.97 Å². The van der Waals surface area contributed by atoms with E-state index >= 15 is 0 Å². The number of aryl methyl sites for hydroxylation is 1. The molecule has 0 aliphatic carbocycles. The molecule has 6 nitrogen and oxygen atoms in total. The van der Waals surface area contributed by atoms with Crippen LogP contribution in [0.2, 0.25) is 0 Å². The minimum absolute atomic E-state index is 0.0701. The summed E-state index contributed by atoms with van der Waals surface area (Å²) in [6.45, 7) is 7.54. The molecule has 1 saturated heterocycles. The quantitative estimate of drug-likeness (QED) is 0.937. The van der Waals surface area contributed by atoms with Crippen LogP contribution in [-0.2, 0) is 9.53 Å². The molecule has 2 atom stereocenters. The molecule has 1 aliphatic rings. The molecule has 1 N–H and O–H groups in total. The van der Waals surface area contributed by atoms with E-state index in [0.717, 1.165) is 16.0 Å². The molecule has 2 aromatic heterocycles. The fourth-order valence-electron chi connectivity index (χ4n) is 2.77. The molecular formula is C15H20N4O2S. The summed E-state index contributed by atoms with van der Waals surface area (Å²) in [6.07, 6.45) is 1.69. The first-order valence-electron chi connectivity index (χ1n) is 7.41. The van der Waals surface area contributed by atoms with Crippen LogP contribution in [-0.4, -0.2) is 52.6 Å². The molecule has 0 radical (unpaired) electrons. The Morgan fingerprint density at radius 1 is 1.41 bits per heavy atom. The van der Waals surface area contributed by atoms with Gasteiger partial charge in [-0.1, -0.05) is 0 Å². The number of hydrogen-bond donors (Lipinski definition) is 1. The van der Waals surface area contributed by atoms with Crippen molar-refractivity contribution in [1.82, 2.24) is 14.9 Å². The van der Waals surface area contributed by atoms with Gasteiger partial charge in [-0.3, -0.25) is 4.79 Å². The smallest absolute Gasteiger partial charge is 0.242 e. The van der Waals surface area contributed by atoms with Crippen LogP contribution < -0.4 is 5.32 Å². The largest absolute Gasteiger partial charge is 0.372 e. The summed E-state index contributed by atoms with van der Waals surface area (Å²) in [5, 5.41) is 4.12. The number of aromatic nitrogens is 2. The zero-order valence-electron chi connectivity index (χ0n) is 13.0. The molecule has 7 heteroatoms. The van der Waals surface area contributed by atoms with E-state index in [-0.39, 0.29) is 24.7 Å². The van der Waals surface area contributed by atoms with Gasteiger partial charge in [-0.15, -0.1) is 11.3 Å². The van der Waals surface area contributed by atoms with E-state index < -0.39 is 0 Å². The maximum absolute atomic E-state index is 12.4. The fourth-order valence-corrected chi connectivity index (χ4v) is 3.62. The number of carbonyl (C=O) groups excluding carboxylic acids is 1. The lowest BCUT2D eigenvalue weighted by molar-refractivity contribution is -0.141. The maximum Gasteiger partial charge on any atom is 0.242 e. The molecule has 0 spiro atoms. The monoisotopic (exact) mass is 320 g/mol. The first-order chi connectivity index (χ1) is 10.5. The van der Waals surface area contributed by atoms with E-state index in [1.807, 2.05) is 31.7 Å². The van der Waals surface area contributed by atoms with E-state index in [4.69, 9.17) is 4.74 Å². The van der Waals surface area contributed by atoms with Crippen LogP contribution in [0.4, 0.5) is 5.82 Å². The van der Waals surface area contributed by atoms with E-state index in [1.54, 1.807) is 11.3 Å². The summed E-state index contributed by atoms with van der Waals surface area (Å²) in [5.41, 5.74) is 0. The van der Waals surface area contributed by atoms with E-state index in [2.05, 4.69) is 15.3 Å². The first kappa shape index (κ1) is 15.2. The van der Waals surface area contributed by atoms with Crippen LogP contribution >= 0.6 is 11.3 Å². The van der Waals surface area contributed by atoms with Crippen molar-refractivity contribution in [3.63, 3.8) is 0 Å². The zero-order valence-corrected chi connectivity index (χ0v) is 13.8. The number of fused-ring (bicyclic) bond motifs is 1. The highest BCUT2D eigenvalue weighted by molar-refractivity contribution is 7.18. The second-order valence-electron chi connectivity index (χ2n) is 5.71. The minimum Gasteiger partial charge on any atom is -0.372 e. The predicted octanol–water partition coefficient (Wildman–Crippen LogP) is 2.05. The number of rotatable bonds is 3. The van der Waals surface area contributed by atoms with Gasteiger partial charge in [-0.05, 0) is 26.8 Å². The normalized spacial score (nSPS) is 22.0. The van der Waals surface area contributed by atoms with Gasteiger partial charge in [0.15, 0.2) is 0 Å². The molecule has 22 heavy (non-hydrogen) atoms. The highest BCUT2D eigenvalue weighted by Gasteiger charge is 2.25. The Kier molecular flexibility index (Phi) is 4.26. The molecule has 118 valence electrons. The van der Waals surface area contributed by atoms with Crippen LogP contribution in [0.25, 0.3) is 10.2 Å². The van der Waals surface area contributed by atoms with Crippen LogP contribution in [0.15, 0.2) is 12.4 Å². The molecule has 3 rings (SSSR count). The van der Waals surface area contributed by atoms with Gasteiger partial charge in [0.2, 0.25) is 5.91 Å². The Balaban J connectivity index is 1.67. The third kappa shape index (κ3) is 3.20. The third-order valence-electron chi connectivity index (χ3n) is 3.63. The zero-order chi connectivity index (χ0) is 15.7. The second kappa shape index (κ2) is 6.18. The fraction of sp³-hybridized carbons (Fsp3) is 0.533. The number of hydrogen-bond acceptors (Lipinski definition) is 6. The van der Waals surface area contributed by atoms with Crippen molar-refractivity contribution in [2.45, 2.75) is 33.0 Å². The van der Waals surface area contributed by atoms with Gasteiger partial charge in [0.05, 0.1) is 24.1 Å². The van der Waals surface area contributed by atoms with Gasteiger partial charge in [0.1, 0.15) is 17.0 Å². The molecular weight excluding hydrogens is 300 g/mol. The summed E-state index contributed by atoms with van der Waals surface area (Å²) in [6, 6.07) is 2.05. The van der Waals surface area contributed by atoms with Crippen molar-refractivity contribution >= 4 is 33.3 Å². The summed E-state index contributed by atoms with van der Waals surface area (Å²) in [5.74, 6) is 0.790. The summed E-state index contributed by atoms with van der Waals surface area (Å²) < 4.78 is 5.66. The molecule has 2 unspecified atom stereocenters. The van der Waals surface area contributed by atoms with Gasteiger partial charge in [-0.2, -0.15) is 0 Å². The molecule has 3 heterocycles. The van der Waals surface area contributed by atoms with E-state index in [0.29, 0.717) is 13.1 Å². The highest BCUT2D eigenvalue weighted by Crippen LogP contribution is 2.27. The molecule has 0 saturated carbocycles. The third-order valence-corrected chi connectivity index (χ3v) is 4.59. The Labute approximate surface area is 133 Å². The molecule has 1 fully saturated rings. The number of thiophene rings is 1. The van der Waals surface area contributed by atoms with Crippen molar-refractivity contribution in [2.75, 3.05) is 25.0 Å². The van der Waals surface area contributed by atoms with Gasteiger partial charge < -0.3 is 15.0 Å². The molecule has 1 amide bonds. The lowest BCUT2D eigenvalue weighted by atomic mass is 10.2. The van der Waals surface area contributed by atoms with Crippen molar-refractivity contribution in [3.05, 3.63) is 17.3 Å². The number of ether oxygens (including phenoxy) is 1. The van der Waals surface area contributed by atoms with Crippen molar-refractivity contribution in [2.24, 2.45) is 0 Å². The molecule has 1 aliphatic heterocycles. The topological polar surface area (TPSA) is 67.4 Å². The standard InChI is InChI=1S/C15H20N4O2S/c1-9-6-19(7-10(2)21-9)13(20)5-16-14-12-4-11(3)22-15(12)18-8-17-14/h4,8-10H,5-7H2,1-3H3,(H,16,17,18). The Morgan fingerprint density at radius 3 is 2.86 bits per heavy atom. The summed E-state index contributed by atoms with van der Waals surface area (Å²) in [4.78, 5) is 24.9. The van der Waals surface area contributed by atoms with Crippen LogP contribution in [0.5, 0.6) is 0 Å². The highest BCUT2D eigenvalue weighted by atomic mass is 32.1. The molecule has 2 aromatic rings. The minimum atomic E-state index is 0.0701. The van der Waals surface area contributed by atoms with Crippen LogP contribution in [0, 0.1) is 6.92 Å². The Hall–Kier alpha value is -1.73. The number of carbonyl (C=O) groups is 1. The Bertz CT molecular complexity index is 677. The van der Waals surface area contributed by atoms with Crippen LogP contribution in [0.3, 0.4) is 0 Å². The predicted molar refractivity (Wildman–Crippen MR) is 87.2 cm³/mol. The summed E-state index contributed by atoms with van der Waals surface area (Å²) in [7, 11) is 0. The number of amides is 1. The van der Waals surface area contributed by atoms with Gasteiger partial charge >= 0.3 is 0 Å². The van der Waals surface area contributed by atoms with Gasteiger partial charge in [0, 0.05) is 18.0 Å². The molecule has 0 aromatic carbocycles. The number of anilines is 1. The molecule has 0 bridgehead atoms. The van der Waals surface area contributed by atoms with Crippen molar-refractivity contribution < 1.29 is 9.53 Å². The Morgan fingerprint density at radius 2 is 2.14 bits per heavy atom. The number of nitrogens with one attached hydrogen (secondary N) is 1. The lowest BCUT2D eigenvalue weighted by Gasteiger charge is -2.35. The summed E-state index contributed by atoms with van der Waals surface area (Å²) >= 11 is 1.63. The lowest BCUT2D eigenvalue weighted by Crippen LogP contribution is -2.49. The maximum atomic E-state index is 12.4. The number of nitrogens with zero attached hydrogens (tertiary/aromatic N) is 3. The van der Waals surface area contributed by atoms with E-state index in [9.17, 15) is 4.79 Å². The van der Waals surface area contributed by atoms with Crippen molar-refractivity contribution in [1.29, 1.82) is 0 Å². The average molecular weight is 320 g/mol. The van der Waals surface area contributed by atoms with Crippen molar-refractivity contribution in [3.8, 4) is 0 Å². The second-order valence-corrected chi connectivity index (χ2v) is 6.94. The number of morpholine rings is 1. The van der Waals surface area contributed by atoms with Crippen LogP contribution in [0.1, 0.15) is 18.7 Å².